The highest BCUT2D eigenvalue weighted by Gasteiger charge is 2.19. The summed E-state index contributed by atoms with van der Waals surface area (Å²) in [5, 5.41) is 0.684. The number of esters is 1. The predicted molar refractivity (Wildman–Crippen MR) is 101 cm³/mol. The van der Waals surface area contributed by atoms with Crippen molar-refractivity contribution in [1.82, 2.24) is 9.88 Å². The third-order valence-corrected chi connectivity index (χ3v) is 4.10. The van der Waals surface area contributed by atoms with Gasteiger partial charge in [0.25, 0.3) is 5.91 Å². The molecular weight excluding hydrogens is 347 g/mol. The van der Waals surface area contributed by atoms with E-state index >= 15 is 0 Å². The molecule has 0 spiro atoms. The third-order valence-electron chi connectivity index (χ3n) is 4.10. The SMILES string of the molecule is CCOC(=O)CN(C)C(=O)c1cc(-c2ccc(F)cc2)nc2ccccc12. The summed E-state index contributed by atoms with van der Waals surface area (Å²) in [6, 6.07) is 14.9. The quantitative estimate of drug-likeness (QED) is 0.647. The van der Waals surface area contributed by atoms with Crippen LogP contribution in [0.15, 0.2) is 54.6 Å². The highest BCUT2D eigenvalue weighted by atomic mass is 19.1. The van der Waals surface area contributed by atoms with Gasteiger partial charge < -0.3 is 9.64 Å². The molecule has 5 nitrogen and oxygen atoms in total. The molecule has 0 saturated heterocycles. The number of carbonyl (C=O) groups excluding carboxylic acids is 2. The second kappa shape index (κ2) is 7.95. The first kappa shape index (κ1) is 18.5. The molecule has 2 aromatic carbocycles. The van der Waals surface area contributed by atoms with E-state index in [2.05, 4.69) is 4.98 Å². The Morgan fingerprint density at radius 3 is 2.52 bits per heavy atom. The second-order valence-corrected chi connectivity index (χ2v) is 6.05. The van der Waals surface area contributed by atoms with Crippen molar-refractivity contribution in [3.63, 3.8) is 0 Å². The number of rotatable bonds is 5. The summed E-state index contributed by atoms with van der Waals surface area (Å²) in [5.74, 6) is -1.12. The van der Waals surface area contributed by atoms with Crippen LogP contribution in [0.2, 0.25) is 0 Å². The molecule has 3 rings (SSSR count). The summed E-state index contributed by atoms with van der Waals surface area (Å²) in [7, 11) is 1.55. The number of amides is 1. The Bertz CT molecular complexity index is 986. The van der Waals surface area contributed by atoms with Gasteiger partial charge in [-0.1, -0.05) is 18.2 Å². The zero-order chi connectivity index (χ0) is 19.4. The van der Waals surface area contributed by atoms with Crippen LogP contribution in [-0.4, -0.2) is 42.0 Å². The summed E-state index contributed by atoms with van der Waals surface area (Å²) < 4.78 is 18.1. The van der Waals surface area contributed by atoms with Gasteiger partial charge in [-0.05, 0) is 43.3 Å². The maximum atomic E-state index is 13.2. The average molecular weight is 366 g/mol. The van der Waals surface area contributed by atoms with Gasteiger partial charge in [-0.15, -0.1) is 0 Å². The molecule has 1 amide bonds. The maximum absolute atomic E-state index is 13.2. The van der Waals surface area contributed by atoms with Crippen LogP contribution < -0.4 is 0 Å². The van der Waals surface area contributed by atoms with E-state index in [-0.39, 0.29) is 24.9 Å². The van der Waals surface area contributed by atoms with Gasteiger partial charge in [-0.25, -0.2) is 9.37 Å². The van der Waals surface area contributed by atoms with Crippen molar-refractivity contribution < 1.29 is 18.7 Å². The van der Waals surface area contributed by atoms with Gasteiger partial charge in [-0.3, -0.25) is 9.59 Å². The number of ether oxygens (including phenoxy) is 1. The van der Waals surface area contributed by atoms with Crippen molar-refractivity contribution in [3.8, 4) is 11.3 Å². The number of benzene rings is 2. The van der Waals surface area contributed by atoms with Gasteiger partial charge in [0.1, 0.15) is 12.4 Å². The lowest BCUT2D eigenvalue weighted by Gasteiger charge is -2.18. The van der Waals surface area contributed by atoms with Gasteiger partial charge in [0.2, 0.25) is 0 Å². The first-order valence-corrected chi connectivity index (χ1v) is 8.56. The highest BCUT2D eigenvalue weighted by Crippen LogP contribution is 2.26. The lowest BCUT2D eigenvalue weighted by atomic mass is 10.0. The molecule has 0 radical (unpaired) electrons. The summed E-state index contributed by atoms with van der Waals surface area (Å²) in [5.41, 5.74) is 2.32. The highest BCUT2D eigenvalue weighted by molar-refractivity contribution is 6.07. The van der Waals surface area contributed by atoms with E-state index in [1.54, 1.807) is 32.2 Å². The van der Waals surface area contributed by atoms with E-state index in [4.69, 9.17) is 4.74 Å². The molecule has 6 heteroatoms. The minimum Gasteiger partial charge on any atom is -0.465 e. The molecule has 3 aromatic rings. The zero-order valence-corrected chi connectivity index (χ0v) is 15.1. The van der Waals surface area contributed by atoms with Gasteiger partial charge in [-0.2, -0.15) is 0 Å². The fraction of sp³-hybridized carbons (Fsp3) is 0.190. The van der Waals surface area contributed by atoms with E-state index < -0.39 is 5.97 Å². The second-order valence-electron chi connectivity index (χ2n) is 6.05. The minimum absolute atomic E-state index is 0.144. The molecule has 0 aliphatic heterocycles. The van der Waals surface area contributed by atoms with Crippen LogP contribution in [0.5, 0.6) is 0 Å². The smallest absolute Gasteiger partial charge is 0.325 e. The third kappa shape index (κ3) is 4.11. The van der Waals surface area contributed by atoms with Crippen LogP contribution in [0.1, 0.15) is 17.3 Å². The molecule has 0 atom stereocenters. The number of carbonyl (C=O) groups is 2. The first-order valence-electron chi connectivity index (χ1n) is 8.56. The number of nitrogens with zero attached hydrogens (tertiary/aromatic N) is 2. The molecule has 0 fully saturated rings. The standard InChI is InChI=1S/C21H19FN2O3/c1-3-27-20(25)13-24(2)21(26)17-12-19(14-8-10-15(22)11-9-14)23-18-7-5-4-6-16(17)18/h4-12H,3,13H2,1-2H3. The van der Waals surface area contributed by atoms with Crippen molar-refractivity contribution in [2.24, 2.45) is 0 Å². The van der Waals surface area contributed by atoms with Crippen molar-refractivity contribution in [3.05, 3.63) is 66.0 Å². The fourth-order valence-electron chi connectivity index (χ4n) is 2.80. The number of aromatic nitrogens is 1. The van der Waals surface area contributed by atoms with Crippen LogP contribution in [0.3, 0.4) is 0 Å². The van der Waals surface area contributed by atoms with Crippen LogP contribution in [0.4, 0.5) is 4.39 Å². The van der Waals surface area contributed by atoms with Crippen LogP contribution >= 0.6 is 0 Å². The summed E-state index contributed by atoms with van der Waals surface area (Å²) >= 11 is 0. The summed E-state index contributed by atoms with van der Waals surface area (Å²) in [6.07, 6.45) is 0. The maximum Gasteiger partial charge on any atom is 0.325 e. The van der Waals surface area contributed by atoms with Gasteiger partial charge in [0, 0.05) is 18.0 Å². The number of hydrogen-bond donors (Lipinski definition) is 0. The number of hydrogen-bond acceptors (Lipinski definition) is 4. The molecule has 0 unspecified atom stereocenters. The topological polar surface area (TPSA) is 59.5 Å². The lowest BCUT2D eigenvalue weighted by molar-refractivity contribution is -0.143. The number of pyridine rings is 1. The van der Waals surface area contributed by atoms with Gasteiger partial charge in [0.15, 0.2) is 0 Å². The minimum atomic E-state index is -0.467. The number of likely N-dealkylation sites (N-methyl/N-ethyl adjacent to an activating group) is 1. The van der Waals surface area contributed by atoms with E-state index in [1.807, 2.05) is 24.3 Å². The van der Waals surface area contributed by atoms with Crippen LogP contribution in [-0.2, 0) is 9.53 Å². The lowest BCUT2D eigenvalue weighted by Crippen LogP contribution is -2.33. The molecule has 0 N–H and O–H groups in total. The molecule has 0 aliphatic carbocycles. The van der Waals surface area contributed by atoms with E-state index in [0.717, 1.165) is 0 Å². The average Bonchev–Trinajstić information content (AvgIpc) is 2.67. The van der Waals surface area contributed by atoms with Crippen molar-refractivity contribution in [2.75, 3.05) is 20.2 Å². The summed E-state index contributed by atoms with van der Waals surface area (Å²) in [4.78, 5) is 30.6. The molecule has 0 saturated carbocycles. The van der Waals surface area contributed by atoms with Gasteiger partial charge >= 0.3 is 5.97 Å². The number of para-hydroxylation sites is 1. The molecule has 0 aliphatic rings. The van der Waals surface area contributed by atoms with Crippen molar-refractivity contribution in [1.29, 1.82) is 0 Å². The van der Waals surface area contributed by atoms with Crippen molar-refractivity contribution >= 4 is 22.8 Å². The summed E-state index contributed by atoms with van der Waals surface area (Å²) in [6.45, 7) is 1.83. The Kier molecular flexibility index (Phi) is 5.45. The van der Waals surface area contributed by atoms with Gasteiger partial charge in [0.05, 0.1) is 23.4 Å². The molecule has 27 heavy (non-hydrogen) atoms. The van der Waals surface area contributed by atoms with E-state index in [1.165, 1.54) is 17.0 Å². The Morgan fingerprint density at radius 2 is 1.81 bits per heavy atom. The normalized spacial score (nSPS) is 10.6. The molecule has 1 aromatic heterocycles. The Balaban J connectivity index is 2.04. The largest absolute Gasteiger partial charge is 0.465 e. The monoisotopic (exact) mass is 366 g/mol. The number of halogens is 1. The first-order chi connectivity index (χ1) is 13.0. The van der Waals surface area contributed by atoms with Crippen molar-refractivity contribution in [2.45, 2.75) is 6.92 Å². The van der Waals surface area contributed by atoms with E-state index in [0.29, 0.717) is 27.7 Å². The Hall–Kier alpha value is -3.28. The van der Waals surface area contributed by atoms with Crippen LogP contribution in [0.25, 0.3) is 22.2 Å². The zero-order valence-electron chi connectivity index (χ0n) is 15.1. The Morgan fingerprint density at radius 1 is 1.11 bits per heavy atom. The molecule has 138 valence electrons. The predicted octanol–water partition coefficient (Wildman–Crippen LogP) is 3.68. The van der Waals surface area contributed by atoms with Crippen LogP contribution in [0, 0.1) is 5.82 Å². The van der Waals surface area contributed by atoms with E-state index in [9.17, 15) is 14.0 Å². The molecular formula is C21H19FN2O3. The number of fused-ring (bicyclic) bond motifs is 1. The molecule has 0 bridgehead atoms. The molecule has 1 heterocycles. The fourth-order valence-corrected chi connectivity index (χ4v) is 2.80. The Labute approximate surface area is 156 Å².